The summed E-state index contributed by atoms with van der Waals surface area (Å²) in [4.78, 5) is 5.62. The third-order valence-corrected chi connectivity index (χ3v) is 5.93. The van der Waals surface area contributed by atoms with E-state index in [0.29, 0.717) is 5.54 Å². The Bertz CT molecular complexity index is 326. The fourth-order valence-electron chi connectivity index (χ4n) is 4.61. The lowest BCUT2D eigenvalue weighted by Gasteiger charge is -2.48. The molecule has 3 aliphatic rings. The minimum absolute atomic E-state index is 0.302. The number of nitrogens with two attached hydrogens (primary N) is 1. The van der Waals surface area contributed by atoms with Gasteiger partial charge in [0.25, 0.3) is 0 Å². The van der Waals surface area contributed by atoms with E-state index in [2.05, 4.69) is 23.6 Å². The molecule has 3 nitrogen and oxygen atoms in total. The molecule has 2 N–H and O–H groups in total. The van der Waals surface area contributed by atoms with Crippen molar-refractivity contribution in [3.05, 3.63) is 0 Å². The van der Waals surface area contributed by atoms with E-state index in [9.17, 15) is 0 Å². The van der Waals surface area contributed by atoms with E-state index >= 15 is 0 Å². The molecule has 0 aromatic carbocycles. The smallest absolute Gasteiger partial charge is 0.0501 e. The van der Waals surface area contributed by atoms with E-state index < -0.39 is 0 Å². The summed E-state index contributed by atoms with van der Waals surface area (Å²) in [5.41, 5.74) is 6.68. The zero-order valence-electron chi connectivity index (χ0n) is 13.5. The van der Waals surface area contributed by atoms with E-state index in [0.717, 1.165) is 24.5 Å². The molecule has 2 atom stereocenters. The number of hydrogen-bond acceptors (Lipinski definition) is 3. The van der Waals surface area contributed by atoms with Crippen LogP contribution in [-0.4, -0.2) is 53.6 Å². The van der Waals surface area contributed by atoms with Gasteiger partial charge in [-0.2, -0.15) is 0 Å². The van der Waals surface area contributed by atoms with Gasteiger partial charge in [-0.25, -0.2) is 0 Å². The first-order valence-electron chi connectivity index (χ1n) is 8.88. The van der Waals surface area contributed by atoms with Gasteiger partial charge in [-0.3, -0.25) is 9.80 Å². The number of nitrogens with zero attached hydrogens (tertiary/aromatic N) is 2. The van der Waals surface area contributed by atoms with Crippen LogP contribution in [-0.2, 0) is 0 Å². The van der Waals surface area contributed by atoms with Gasteiger partial charge in [-0.05, 0) is 57.5 Å². The Morgan fingerprint density at radius 3 is 2.65 bits per heavy atom. The molecule has 116 valence electrons. The van der Waals surface area contributed by atoms with Gasteiger partial charge < -0.3 is 5.73 Å². The predicted molar refractivity (Wildman–Crippen MR) is 84.8 cm³/mol. The minimum Gasteiger partial charge on any atom is -0.329 e. The second-order valence-electron chi connectivity index (χ2n) is 7.71. The largest absolute Gasteiger partial charge is 0.329 e. The molecular weight excluding hydrogens is 246 g/mol. The third kappa shape index (κ3) is 2.65. The summed E-state index contributed by atoms with van der Waals surface area (Å²) in [6.45, 7) is 9.43. The molecule has 0 spiro atoms. The summed E-state index contributed by atoms with van der Waals surface area (Å²) in [5, 5.41) is 0. The van der Waals surface area contributed by atoms with Crippen LogP contribution < -0.4 is 5.73 Å². The summed E-state index contributed by atoms with van der Waals surface area (Å²) >= 11 is 0. The number of fused-ring (bicyclic) bond motifs is 1. The van der Waals surface area contributed by atoms with Gasteiger partial charge in [0, 0.05) is 25.2 Å². The predicted octanol–water partition coefficient (Wildman–Crippen LogP) is 2.45. The Morgan fingerprint density at radius 2 is 2.00 bits per heavy atom. The van der Waals surface area contributed by atoms with Crippen LogP contribution in [0.5, 0.6) is 0 Å². The molecule has 1 saturated carbocycles. The molecule has 0 bridgehead atoms. The highest BCUT2D eigenvalue weighted by molar-refractivity contribution is 5.11. The van der Waals surface area contributed by atoms with Gasteiger partial charge in [-0.15, -0.1) is 0 Å². The topological polar surface area (TPSA) is 32.5 Å². The number of rotatable bonds is 6. The minimum atomic E-state index is 0.302. The third-order valence-electron chi connectivity index (χ3n) is 5.93. The Hall–Kier alpha value is -0.120. The molecule has 2 heterocycles. The average Bonchev–Trinajstić information content (AvgIpc) is 3.21. The molecule has 0 aromatic rings. The highest BCUT2D eigenvalue weighted by Crippen LogP contribution is 2.44. The quantitative estimate of drug-likeness (QED) is 0.810. The Morgan fingerprint density at radius 1 is 1.20 bits per heavy atom. The Balaban J connectivity index is 1.78. The SMILES string of the molecule is CC(C)CCN(C1CC1)C1(CN)CCN2CCCCC21. The zero-order chi connectivity index (χ0) is 14.2. The first-order chi connectivity index (χ1) is 9.67. The van der Waals surface area contributed by atoms with Gasteiger partial charge in [0.2, 0.25) is 0 Å². The van der Waals surface area contributed by atoms with Crippen molar-refractivity contribution in [3.63, 3.8) is 0 Å². The van der Waals surface area contributed by atoms with Crippen molar-refractivity contribution < 1.29 is 0 Å². The Labute approximate surface area is 124 Å². The van der Waals surface area contributed by atoms with Gasteiger partial charge in [-0.1, -0.05) is 20.3 Å². The highest BCUT2D eigenvalue weighted by Gasteiger charge is 2.53. The van der Waals surface area contributed by atoms with Crippen molar-refractivity contribution in [1.82, 2.24) is 9.80 Å². The standard InChI is InChI=1S/C17H33N3/c1-14(2)8-11-20(15-6-7-15)17(13-18)9-12-19-10-4-3-5-16(17)19/h14-16H,3-13,18H2,1-2H3. The van der Waals surface area contributed by atoms with Crippen LogP contribution in [0.2, 0.25) is 0 Å². The Kier molecular flexibility index (Phi) is 4.40. The normalized spacial score (nSPS) is 35.0. The molecule has 2 unspecified atom stereocenters. The molecule has 3 heteroatoms. The van der Waals surface area contributed by atoms with E-state index in [4.69, 9.17) is 5.73 Å². The van der Waals surface area contributed by atoms with Crippen LogP contribution >= 0.6 is 0 Å². The van der Waals surface area contributed by atoms with Gasteiger partial charge in [0.1, 0.15) is 0 Å². The number of piperidine rings is 1. The summed E-state index contributed by atoms with van der Waals surface area (Å²) in [6, 6.07) is 1.59. The molecular formula is C17H33N3. The van der Waals surface area contributed by atoms with E-state index in [1.807, 2.05) is 0 Å². The van der Waals surface area contributed by atoms with Crippen LogP contribution in [0.1, 0.15) is 58.8 Å². The maximum Gasteiger partial charge on any atom is 0.0501 e. The monoisotopic (exact) mass is 279 g/mol. The van der Waals surface area contributed by atoms with Gasteiger partial charge in [0.15, 0.2) is 0 Å². The van der Waals surface area contributed by atoms with Crippen molar-refractivity contribution in [2.75, 3.05) is 26.2 Å². The van der Waals surface area contributed by atoms with Crippen LogP contribution in [0, 0.1) is 5.92 Å². The second-order valence-corrected chi connectivity index (χ2v) is 7.71. The lowest BCUT2D eigenvalue weighted by Crippen LogP contribution is -2.62. The van der Waals surface area contributed by atoms with E-state index in [1.54, 1.807) is 0 Å². The maximum atomic E-state index is 6.38. The lowest BCUT2D eigenvalue weighted by atomic mass is 9.83. The molecule has 0 aromatic heterocycles. The molecule has 3 fully saturated rings. The van der Waals surface area contributed by atoms with Crippen molar-refractivity contribution in [2.24, 2.45) is 11.7 Å². The summed E-state index contributed by atoms with van der Waals surface area (Å²) in [7, 11) is 0. The van der Waals surface area contributed by atoms with Crippen molar-refractivity contribution >= 4 is 0 Å². The van der Waals surface area contributed by atoms with Crippen molar-refractivity contribution in [1.29, 1.82) is 0 Å². The molecule has 2 aliphatic heterocycles. The molecule has 1 aliphatic carbocycles. The van der Waals surface area contributed by atoms with E-state index in [1.165, 1.54) is 64.6 Å². The van der Waals surface area contributed by atoms with Crippen LogP contribution in [0.15, 0.2) is 0 Å². The summed E-state index contributed by atoms with van der Waals surface area (Å²) < 4.78 is 0. The fraction of sp³-hybridized carbons (Fsp3) is 1.00. The van der Waals surface area contributed by atoms with Gasteiger partial charge >= 0.3 is 0 Å². The van der Waals surface area contributed by atoms with Crippen LogP contribution in [0.3, 0.4) is 0 Å². The molecule has 2 saturated heterocycles. The molecule has 0 amide bonds. The number of hydrogen-bond donors (Lipinski definition) is 1. The van der Waals surface area contributed by atoms with Crippen molar-refractivity contribution in [3.8, 4) is 0 Å². The van der Waals surface area contributed by atoms with Crippen LogP contribution in [0.25, 0.3) is 0 Å². The van der Waals surface area contributed by atoms with E-state index in [-0.39, 0.29) is 0 Å². The summed E-state index contributed by atoms with van der Waals surface area (Å²) in [5.74, 6) is 0.801. The lowest BCUT2D eigenvalue weighted by molar-refractivity contribution is 0.0279. The highest BCUT2D eigenvalue weighted by atomic mass is 15.3. The zero-order valence-corrected chi connectivity index (χ0v) is 13.5. The molecule has 3 rings (SSSR count). The second kappa shape index (κ2) is 5.94. The first kappa shape index (κ1) is 14.8. The van der Waals surface area contributed by atoms with Crippen LogP contribution in [0.4, 0.5) is 0 Å². The van der Waals surface area contributed by atoms with Gasteiger partial charge in [0.05, 0.1) is 5.54 Å². The fourth-order valence-corrected chi connectivity index (χ4v) is 4.61. The molecule has 0 radical (unpaired) electrons. The first-order valence-corrected chi connectivity index (χ1v) is 8.88. The summed E-state index contributed by atoms with van der Waals surface area (Å²) in [6.07, 6.45) is 9.63. The maximum absolute atomic E-state index is 6.38. The van der Waals surface area contributed by atoms with Crippen molar-refractivity contribution in [2.45, 2.75) is 76.4 Å². The molecule has 20 heavy (non-hydrogen) atoms. The average molecular weight is 279 g/mol.